The Bertz CT molecular complexity index is 579. The van der Waals surface area contributed by atoms with Crippen molar-refractivity contribution >= 4 is 28.6 Å². The Kier molecular flexibility index (Phi) is 4.63. The number of nitrogens with one attached hydrogen (secondary N) is 1. The molecule has 20 heavy (non-hydrogen) atoms. The van der Waals surface area contributed by atoms with Crippen LogP contribution in [0.1, 0.15) is 15.2 Å². The van der Waals surface area contributed by atoms with Gasteiger partial charge in [-0.15, -0.1) is 11.3 Å². The molecule has 0 spiro atoms. The van der Waals surface area contributed by atoms with Gasteiger partial charge in [-0.05, 0) is 36.1 Å². The van der Waals surface area contributed by atoms with Crippen molar-refractivity contribution in [2.45, 2.75) is 6.42 Å². The van der Waals surface area contributed by atoms with Crippen LogP contribution in [0.4, 0.5) is 11.4 Å². The number of nitrogen functional groups attached to an aromatic ring is 1. The number of nitrogens with zero attached hydrogens (tertiary/aromatic N) is 1. The van der Waals surface area contributed by atoms with Gasteiger partial charge in [-0.3, -0.25) is 4.79 Å². The van der Waals surface area contributed by atoms with Crippen molar-refractivity contribution in [3.05, 3.63) is 46.2 Å². The van der Waals surface area contributed by atoms with Gasteiger partial charge in [0.25, 0.3) is 5.91 Å². The quantitative estimate of drug-likeness (QED) is 0.831. The summed E-state index contributed by atoms with van der Waals surface area (Å²) in [6.45, 7) is 0.626. The van der Waals surface area contributed by atoms with Crippen LogP contribution < -0.4 is 16.0 Å². The number of nitrogens with two attached hydrogens (primary N) is 1. The van der Waals surface area contributed by atoms with E-state index in [-0.39, 0.29) is 5.91 Å². The highest BCUT2D eigenvalue weighted by Gasteiger charge is 2.13. The van der Waals surface area contributed by atoms with Gasteiger partial charge in [-0.25, -0.2) is 0 Å². The number of anilines is 2. The predicted octanol–water partition coefficient (Wildman–Crippen LogP) is 2.37. The van der Waals surface area contributed by atoms with Crippen molar-refractivity contribution in [3.63, 3.8) is 0 Å². The van der Waals surface area contributed by atoms with Crippen molar-refractivity contribution in [3.8, 4) is 0 Å². The lowest BCUT2D eigenvalue weighted by Gasteiger charge is -2.17. The molecule has 0 aliphatic heterocycles. The minimum absolute atomic E-state index is 0.0856. The molecule has 0 saturated heterocycles. The number of hydrogen-bond acceptors (Lipinski definition) is 4. The number of rotatable bonds is 5. The van der Waals surface area contributed by atoms with Gasteiger partial charge >= 0.3 is 0 Å². The molecular weight excluding hydrogens is 270 g/mol. The molecule has 5 heteroatoms. The SMILES string of the molecule is CN(C)c1ccc(N)cc1C(=O)NCCc1cccs1. The summed E-state index contributed by atoms with van der Waals surface area (Å²) < 4.78 is 0. The second kappa shape index (κ2) is 6.43. The van der Waals surface area contributed by atoms with E-state index in [0.717, 1.165) is 12.1 Å². The number of carbonyl (C=O) groups excluding carboxylic acids is 1. The second-order valence-electron chi connectivity index (χ2n) is 4.76. The molecule has 3 N–H and O–H groups in total. The topological polar surface area (TPSA) is 58.4 Å². The van der Waals surface area contributed by atoms with E-state index in [1.165, 1.54) is 4.88 Å². The molecule has 0 atom stereocenters. The third-order valence-corrected chi connectivity index (χ3v) is 3.92. The summed E-state index contributed by atoms with van der Waals surface area (Å²) in [5.41, 5.74) is 7.85. The lowest BCUT2D eigenvalue weighted by atomic mass is 10.1. The summed E-state index contributed by atoms with van der Waals surface area (Å²) in [6.07, 6.45) is 0.850. The highest BCUT2D eigenvalue weighted by atomic mass is 32.1. The smallest absolute Gasteiger partial charge is 0.253 e. The summed E-state index contributed by atoms with van der Waals surface area (Å²) in [5, 5.41) is 4.99. The molecule has 2 aromatic rings. The molecule has 1 aromatic carbocycles. The lowest BCUT2D eigenvalue weighted by Crippen LogP contribution is -2.27. The maximum absolute atomic E-state index is 12.3. The Balaban J connectivity index is 2.03. The average molecular weight is 289 g/mol. The van der Waals surface area contributed by atoms with Crippen LogP contribution in [0.5, 0.6) is 0 Å². The van der Waals surface area contributed by atoms with Gasteiger partial charge in [0, 0.05) is 36.9 Å². The van der Waals surface area contributed by atoms with Gasteiger partial charge in [-0.2, -0.15) is 0 Å². The lowest BCUT2D eigenvalue weighted by molar-refractivity contribution is 0.0955. The van der Waals surface area contributed by atoms with Crippen LogP contribution in [0.15, 0.2) is 35.7 Å². The molecule has 0 saturated carbocycles. The molecule has 1 aromatic heterocycles. The summed E-state index contributed by atoms with van der Waals surface area (Å²) in [7, 11) is 3.82. The molecule has 106 valence electrons. The van der Waals surface area contributed by atoms with Crippen LogP contribution in [0, 0.1) is 0 Å². The van der Waals surface area contributed by atoms with Crippen LogP contribution in [-0.4, -0.2) is 26.5 Å². The molecule has 1 heterocycles. The largest absolute Gasteiger partial charge is 0.399 e. The molecule has 0 unspecified atom stereocenters. The maximum Gasteiger partial charge on any atom is 0.253 e. The fourth-order valence-electron chi connectivity index (χ4n) is 1.97. The van der Waals surface area contributed by atoms with Crippen molar-refractivity contribution in [1.29, 1.82) is 0 Å². The van der Waals surface area contributed by atoms with E-state index in [2.05, 4.69) is 11.4 Å². The summed E-state index contributed by atoms with van der Waals surface area (Å²) >= 11 is 1.70. The summed E-state index contributed by atoms with van der Waals surface area (Å²) in [4.78, 5) is 15.4. The second-order valence-corrected chi connectivity index (χ2v) is 5.79. The number of hydrogen-bond donors (Lipinski definition) is 2. The standard InChI is InChI=1S/C15H19N3OS/c1-18(2)14-6-5-11(16)10-13(14)15(19)17-8-7-12-4-3-9-20-12/h3-6,9-10H,7-8,16H2,1-2H3,(H,17,19). The van der Waals surface area contributed by atoms with Crippen molar-refractivity contribution in [1.82, 2.24) is 5.32 Å². The van der Waals surface area contributed by atoms with E-state index in [4.69, 9.17) is 5.73 Å². The number of thiophene rings is 1. The summed E-state index contributed by atoms with van der Waals surface area (Å²) in [5.74, 6) is -0.0856. The van der Waals surface area contributed by atoms with Crippen LogP contribution >= 0.6 is 11.3 Å². The maximum atomic E-state index is 12.3. The Labute approximate surface area is 123 Å². The first-order valence-corrected chi connectivity index (χ1v) is 7.33. The van der Waals surface area contributed by atoms with E-state index in [1.54, 1.807) is 23.5 Å². The first-order valence-electron chi connectivity index (χ1n) is 6.45. The molecule has 0 bridgehead atoms. The third-order valence-electron chi connectivity index (χ3n) is 2.98. The van der Waals surface area contributed by atoms with Crippen molar-refractivity contribution in [2.75, 3.05) is 31.3 Å². The van der Waals surface area contributed by atoms with Crippen molar-refractivity contribution < 1.29 is 4.79 Å². The zero-order valence-corrected chi connectivity index (χ0v) is 12.5. The molecule has 4 nitrogen and oxygen atoms in total. The van der Waals surface area contributed by atoms with Gasteiger partial charge in [-0.1, -0.05) is 6.07 Å². The zero-order chi connectivity index (χ0) is 14.5. The number of benzene rings is 1. The van der Waals surface area contributed by atoms with Gasteiger partial charge < -0.3 is 16.0 Å². The highest BCUT2D eigenvalue weighted by Crippen LogP contribution is 2.21. The minimum Gasteiger partial charge on any atom is -0.399 e. The average Bonchev–Trinajstić information content (AvgIpc) is 2.91. The Morgan fingerprint density at radius 2 is 2.15 bits per heavy atom. The fraction of sp³-hybridized carbons (Fsp3) is 0.267. The Hall–Kier alpha value is -2.01. The van der Waals surface area contributed by atoms with E-state index in [0.29, 0.717) is 17.8 Å². The van der Waals surface area contributed by atoms with E-state index >= 15 is 0 Å². The molecule has 0 radical (unpaired) electrons. The predicted molar refractivity (Wildman–Crippen MR) is 85.5 cm³/mol. The normalized spacial score (nSPS) is 10.3. The van der Waals surface area contributed by atoms with Crippen LogP contribution in [0.25, 0.3) is 0 Å². The van der Waals surface area contributed by atoms with Gasteiger partial charge in [0.15, 0.2) is 0 Å². The minimum atomic E-state index is -0.0856. The zero-order valence-electron chi connectivity index (χ0n) is 11.7. The Morgan fingerprint density at radius 3 is 2.80 bits per heavy atom. The fourth-order valence-corrected chi connectivity index (χ4v) is 2.68. The van der Waals surface area contributed by atoms with Crippen LogP contribution in [0.2, 0.25) is 0 Å². The molecule has 2 rings (SSSR count). The highest BCUT2D eigenvalue weighted by molar-refractivity contribution is 7.09. The number of carbonyl (C=O) groups is 1. The monoisotopic (exact) mass is 289 g/mol. The van der Waals surface area contributed by atoms with Gasteiger partial charge in [0.1, 0.15) is 0 Å². The van der Waals surface area contributed by atoms with E-state index in [9.17, 15) is 4.79 Å². The molecule has 0 aliphatic rings. The molecule has 0 aliphatic carbocycles. The van der Waals surface area contributed by atoms with Crippen molar-refractivity contribution in [2.24, 2.45) is 0 Å². The van der Waals surface area contributed by atoms with Gasteiger partial charge in [0.2, 0.25) is 0 Å². The Morgan fingerprint density at radius 1 is 1.35 bits per heavy atom. The molecule has 0 fully saturated rings. The van der Waals surface area contributed by atoms with E-state index in [1.807, 2.05) is 36.5 Å². The molecule has 1 amide bonds. The molecular formula is C15H19N3OS. The number of amides is 1. The van der Waals surface area contributed by atoms with Crippen LogP contribution in [-0.2, 0) is 6.42 Å². The van der Waals surface area contributed by atoms with E-state index < -0.39 is 0 Å². The van der Waals surface area contributed by atoms with Gasteiger partial charge in [0.05, 0.1) is 5.56 Å². The third kappa shape index (κ3) is 3.51. The first kappa shape index (κ1) is 14.4. The van der Waals surface area contributed by atoms with Crippen LogP contribution in [0.3, 0.4) is 0 Å². The first-order chi connectivity index (χ1) is 9.58. The summed E-state index contributed by atoms with van der Waals surface area (Å²) in [6, 6.07) is 9.48.